The van der Waals surface area contributed by atoms with Gasteiger partial charge in [0.05, 0.1) is 6.04 Å². The van der Waals surface area contributed by atoms with Gasteiger partial charge in [-0.2, -0.15) is 0 Å². The van der Waals surface area contributed by atoms with Gasteiger partial charge in [0.15, 0.2) is 0 Å². The van der Waals surface area contributed by atoms with Gasteiger partial charge in [-0.3, -0.25) is 14.4 Å². The van der Waals surface area contributed by atoms with Crippen LogP contribution in [0.25, 0.3) is 0 Å². The summed E-state index contributed by atoms with van der Waals surface area (Å²) in [5.41, 5.74) is 8.34. The maximum atomic E-state index is 12.6. The number of rotatable bonds is 10. The molecule has 0 radical (unpaired) electrons. The average Bonchev–Trinajstić information content (AvgIpc) is 2.76. The van der Waals surface area contributed by atoms with Crippen LogP contribution in [-0.4, -0.2) is 42.0 Å². The fraction of sp³-hybridized carbons (Fsp3) is 0.348. The lowest BCUT2D eigenvalue weighted by Crippen LogP contribution is -2.49. The molecule has 0 aliphatic carbocycles. The molecule has 0 unspecified atom stereocenters. The smallest absolute Gasteiger partial charge is 0.246 e. The quantitative estimate of drug-likeness (QED) is 0.392. The fourth-order valence-corrected chi connectivity index (χ4v) is 3.03. The van der Waals surface area contributed by atoms with Crippen molar-refractivity contribution in [2.75, 3.05) is 12.4 Å². The zero-order valence-corrected chi connectivity index (χ0v) is 17.9. The van der Waals surface area contributed by atoms with Gasteiger partial charge in [0.2, 0.25) is 17.7 Å². The zero-order valence-electron chi connectivity index (χ0n) is 17.9. The van der Waals surface area contributed by atoms with E-state index in [1.54, 1.807) is 32.2 Å². The molecule has 8 nitrogen and oxygen atoms in total. The van der Waals surface area contributed by atoms with Gasteiger partial charge in [-0.05, 0) is 55.5 Å². The number of aromatic hydroxyl groups is 1. The van der Waals surface area contributed by atoms with Crippen LogP contribution in [0.5, 0.6) is 5.75 Å². The summed E-state index contributed by atoms with van der Waals surface area (Å²) in [5, 5.41) is 17.4. The molecular formula is C23H30N4O4. The van der Waals surface area contributed by atoms with Crippen LogP contribution in [0, 0.1) is 0 Å². The maximum absolute atomic E-state index is 12.6. The molecule has 3 amide bonds. The summed E-state index contributed by atoms with van der Waals surface area (Å²) < 4.78 is 0. The number of benzene rings is 2. The third-order valence-electron chi connectivity index (χ3n) is 4.88. The Kier molecular flexibility index (Phi) is 9.02. The van der Waals surface area contributed by atoms with E-state index in [1.165, 1.54) is 12.1 Å². The highest BCUT2D eigenvalue weighted by molar-refractivity contribution is 5.98. The number of amides is 3. The Balaban J connectivity index is 1.89. The van der Waals surface area contributed by atoms with E-state index in [4.69, 9.17) is 5.73 Å². The van der Waals surface area contributed by atoms with Crippen molar-refractivity contribution in [1.82, 2.24) is 10.6 Å². The SMILES string of the molecule is CNC(=O)CCCc1ccccc1NC(=O)[C@H](C)NC(=O)[C@@H](N)Cc1ccc(O)cc1. The number of carbonyl (C=O) groups is 3. The zero-order chi connectivity index (χ0) is 22.8. The lowest BCUT2D eigenvalue weighted by atomic mass is 10.0. The normalized spacial score (nSPS) is 12.5. The van der Waals surface area contributed by atoms with Crippen LogP contribution in [0.3, 0.4) is 0 Å². The van der Waals surface area contributed by atoms with E-state index in [0.717, 1.165) is 11.1 Å². The highest BCUT2D eigenvalue weighted by atomic mass is 16.3. The molecule has 0 aromatic heterocycles. The number of nitrogens with one attached hydrogen (secondary N) is 3. The summed E-state index contributed by atoms with van der Waals surface area (Å²) >= 11 is 0. The van der Waals surface area contributed by atoms with E-state index < -0.39 is 18.0 Å². The number of anilines is 1. The van der Waals surface area contributed by atoms with Crippen molar-refractivity contribution in [3.63, 3.8) is 0 Å². The third kappa shape index (κ3) is 7.75. The van der Waals surface area contributed by atoms with Crippen molar-refractivity contribution < 1.29 is 19.5 Å². The van der Waals surface area contributed by atoms with E-state index in [0.29, 0.717) is 24.9 Å². The first-order chi connectivity index (χ1) is 14.8. The number of hydrogen-bond donors (Lipinski definition) is 5. The molecule has 2 aromatic carbocycles. The molecule has 0 saturated carbocycles. The second-order valence-corrected chi connectivity index (χ2v) is 7.38. The molecule has 2 rings (SSSR count). The summed E-state index contributed by atoms with van der Waals surface area (Å²) in [4.78, 5) is 36.4. The molecule has 2 aromatic rings. The highest BCUT2D eigenvalue weighted by Gasteiger charge is 2.21. The molecule has 0 fully saturated rings. The van der Waals surface area contributed by atoms with Crippen molar-refractivity contribution in [1.29, 1.82) is 0 Å². The van der Waals surface area contributed by atoms with E-state index in [2.05, 4.69) is 16.0 Å². The van der Waals surface area contributed by atoms with Crippen molar-refractivity contribution in [3.05, 3.63) is 59.7 Å². The highest BCUT2D eigenvalue weighted by Crippen LogP contribution is 2.18. The van der Waals surface area contributed by atoms with E-state index in [-0.39, 0.29) is 24.0 Å². The first kappa shape index (κ1) is 23.9. The van der Waals surface area contributed by atoms with Crippen LogP contribution >= 0.6 is 0 Å². The number of para-hydroxylation sites is 1. The largest absolute Gasteiger partial charge is 0.508 e. The molecule has 31 heavy (non-hydrogen) atoms. The number of aryl methyl sites for hydroxylation is 1. The third-order valence-corrected chi connectivity index (χ3v) is 4.88. The second kappa shape index (κ2) is 11.7. The monoisotopic (exact) mass is 426 g/mol. The van der Waals surface area contributed by atoms with E-state index in [1.807, 2.05) is 18.2 Å². The van der Waals surface area contributed by atoms with Crippen LogP contribution < -0.4 is 21.7 Å². The summed E-state index contributed by atoms with van der Waals surface area (Å²) in [6, 6.07) is 12.2. The summed E-state index contributed by atoms with van der Waals surface area (Å²) in [6.45, 7) is 1.59. The van der Waals surface area contributed by atoms with Crippen molar-refractivity contribution in [2.45, 2.75) is 44.7 Å². The van der Waals surface area contributed by atoms with Crippen LogP contribution in [0.2, 0.25) is 0 Å². The Morgan fingerprint density at radius 1 is 1.03 bits per heavy atom. The molecule has 0 bridgehead atoms. The molecule has 0 aliphatic rings. The van der Waals surface area contributed by atoms with Gasteiger partial charge >= 0.3 is 0 Å². The van der Waals surface area contributed by atoms with Gasteiger partial charge in [-0.25, -0.2) is 0 Å². The summed E-state index contributed by atoms with van der Waals surface area (Å²) in [5.74, 6) is -0.680. The minimum absolute atomic E-state index is 0.0264. The predicted molar refractivity (Wildman–Crippen MR) is 119 cm³/mol. The summed E-state index contributed by atoms with van der Waals surface area (Å²) in [6.07, 6.45) is 1.99. The van der Waals surface area contributed by atoms with Gasteiger partial charge in [0.25, 0.3) is 0 Å². The molecule has 0 spiro atoms. The van der Waals surface area contributed by atoms with Crippen LogP contribution in [0.1, 0.15) is 30.9 Å². The Hall–Kier alpha value is -3.39. The number of hydrogen-bond acceptors (Lipinski definition) is 5. The van der Waals surface area contributed by atoms with Crippen LogP contribution in [0.15, 0.2) is 48.5 Å². The molecule has 2 atom stereocenters. The van der Waals surface area contributed by atoms with Crippen LogP contribution in [-0.2, 0) is 27.2 Å². The van der Waals surface area contributed by atoms with Gasteiger partial charge in [-0.1, -0.05) is 30.3 Å². The van der Waals surface area contributed by atoms with Gasteiger partial charge in [-0.15, -0.1) is 0 Å². The van der Waals surface area contributed by atoms with E-state index >= 15 is 0 Å². The first-order valence-corrected chi connectivity index (χ1v) is 10.2. The minimum atomic E-state index is -0.822. The first-order valence-electron chi connectivity index (χ1n) is 10.2. The standard InChI is InChI=1S/C23H30N4O4/c1-15(26-23(31)19(24)14-16-10-12-18(28)13-11-16)22(30)27-20-8-4-3-6-17(20)7-5-9-21(29)25-2/h3-4,6,8,10-13,15,19,28H,5,7,9,14,24H2,1-2H3,(H,25,29)(H,26,31)(H,27,30)/t15-,19-/m0/s1. The molecule has 0 heterocycles. The van der Waals surface area contributed by atoms with Gasteiger partial charge in [0.1, 0.15) is 11.8 Å². The van der Waals surface area contributed by atoms with Gasteiger partial charge < -0.3 is 26.8 Å². The Labute approximate surface area is 182 Å². The molecule has 0 aliphatic heterocycles. The molecule has 0 saturated heterocycles. The lowest BCUT2D eigenvalue weighted by molar-refractivity contribution is -0.127. The van der Waals surface area contributed by atoms with Gasteiger partial charge in [0, 0.05) is 19.2 Å². The van der Waals surface area contributed by atoms with Crippen molar-refractivity contribution in [2.24, 2.45) is 5.73 Å². The number of carbonyl (C=O) groups excluding carboxylic acids is 3. The fourth-order valence-electron chi connectivity index (χ4n) is 3.03. The second-order valence-electron chi connectivity index (χ2n) is 7.38. The van der Waals surface area contributed by atoms with Crippen LogP contribution in [0.4, 0.5) is 5.69 Å². The maximum Gasteiger partial charge on any atom is 0.246 e. The van der Waals surface area contributed by atoms with E-state index in [9.17, 15) is 19.5 Å². The minimum Gasteiger partial charge on any atom is -0.508 e. The van der Waals surface area contributed by atoms with Crippen molar-refractivity contribution in [3.8, 4) is 5.75 Å². The summed E-state index contributed by atoms with van der Waals surface area (Å²) in [7, 11) is 1.60. The topological polar surface area (TPSA) is 134 Å². The molecule has 166 valence electrons. The molecule has 8 heteroatoms. The predicted octanol–water partition coefficient (Wildman–Crippen LogP) is 1.47. The molecular weight excluding hydrogens is 396 g/mol. The van der Waals surface area contributed by atoms with Crippen molar-refractivity contribution >= 4 is 23.4 Å². The number of phenolic OH excluding ortho intramolecular Hbond substituents is 1. The Bertz CT molecular complexity index is 899. The molecule has 6 N–H and O–H groups in total. The number of nitrogens with two attached hydrogens (primary N) is 1. The Morgan fingerprint density at radius 2 is 1.71 bits per heavy atom. The lowest BCUT2D eigenvalue weighted by Gasteiger charge is -2.18. The Morgan fingerprint density at radius 3 is 2.39 bits per heavy atom. The average molecular weight is 427 g/mol. The number of phenols is 1.